The van der Waals surface area contributed by atoms with E-state index in [1.165, 1.54) is 16.7 Å². The fourth-order valence-corrected chi connectivity index (χ4v) is 3.19. The number of pyridine rings is 1. The minimum atomic E-state index is 0.329. The van der Waals surface area contributed by atoms with Gasteiger partial charge in [0.25, 0.3) is 0 Å². The maximum atomic E-state index is 5.47. The average molecular weight is 282 g/mol. The average Bonchev–Trinajstić information content (AvgIpc) is 2.54. The van der Waals surface area contributed by atoms with Crippen LogP contribution in [0.15, 0.2) is 42.7 Å². The Morgan fingerprint density at radius 2 is 2.19 bits per heavy atom. The molecule has 1 N–H and O–H groups in total. The molecule has 0 aliphatic heterocycles. The van der Waals surface area contributed by atoms with E-state index in [0.717, 1.165) is 25.0 Å². The van der Waals surface area contributed by atoms with Crippen LogP contribution in [-0.2, 0) is 12.8 Å². The molecule has 0 spiro atoms. The van der Waals surface area contributed by atoms with Gasteiger partial charge in [-0.05, 0) is 55.0 Å². The number of rotatable bonds is 4. The highest BCUT2D eigenvalue weighted by Gasteiger charge is 2.22. The predicted octanol–water partition coefficient (Wildman–Crippen LogP) is 3.30. The number of nitrogens with zero attached hydrogens (tertiary/aromatic N) is 1. The van der Waals surface area contributed by atoms with Crippen molar-refractivity contribution in [2.45, 2.75) is 38.3 Å². The molecule has 21 heavy (non-hydrogen) atoms. The number of methoxy groups -OCH3 is 1. The second-order valence-electron chi connectivity index (χ2n) is 5.71. The number of aromatic nitrogens is 1. The van der Waals surface area contributed by atoms with Gasteiger partial charge in [-0.15, -0.1) is 0 Å². The second kappa shape index (κ2) is 6.27. The largest absolute Gasteiger partial charge is 0.496 e. The molecule has 3 rings (SSSR count). The first-order valence-electron chi connectivity index (χ1n) is 7.58. The lowest BCUT2D eigenvalue weighted by atomic mass is 9.87. The third-order valence-corrected chi connectivity index (χ3v) is 4.33. The Kier molecular flexibility index (Phi) is 4.20. The SMILES string of the molecule is COc1cccc2c1CC[C@@H](N[C@@H](C)c1cccnc1)C2. The van der Waals surface area contributed by atoms with Crippen LogP contribution in [0.5, 0.6) is 5.75 Å². The summed E-state index contributed by atoms with van der Waals surface area (Å²) in [6, 6.07) is 11.3. The molecule has 1 heterocycles. The predicted molar refractivity (Wildman–Crippen MR) is 84.6 cm³/mol. The van der Waals surface area contributed by atoms with Gasteiger partial charge in [-0.25, -0.2) is 0 Å². The Labute approximate surface area is 126 Å². The highest BCUT2D eigenvalue weighted by molar-refractivity contribution is 5.42. The van der Waals surface area contributed by atoms with Crippen molar-refractivity contribution in [1.29, 1.82) is 0 Å². The fraction of sp³-hybridized carbons (Fsp3) is 0.389. The minimum absolute atomic E-state index is 0.329. The van der Waals surface area contributed by atoms with Gasteiger partial charge in [-0.3, -0.25) is 4.98 Å². The zero-order valence-corrected chi connectivity index (χ0v) is 12.7. The van der Waals surface area contributed by atoms with Crippen LogP contribution in [-0.4, -0.2) is 18.1 Å². The molecule has 1 aliphatic carbocycles. The molecule has 0 saturated heterocycles. The first-order chi connectivity index (χ1) is 10.3. The van der Waals surface area contributed by atoms with Crippen LogP contribution in [0.3, 0.4) is 0 Å². The Hall–Kier alpha value is -1.87. The third-order valence-electron chi connectivity index (χ3n) is 4.33. The molecule has 0 unspecified atom stereocenters. The highest BCUT2D eigenvalue weighted by atomic mass is 16.5. The summed E-state index contributed by atoms with van der Waals surface area (Å²) >= 11 is 0. The maximum Gasteiger partial charge on any atom is 0.122 e. The summed E-state index contributed by atoms with van der Waals surface area (Å²) in [6.07, 6.45) is 7.06. The van der Waals surface area contributed by atoms with Crippen molar-refractivity contribution in [3.05, 3.63) is 59.4 Å². The third kappa shape index (κ3) is 3.08. The van der Waals surface area contributed by atoms with Gasteiger partial charge in [0.2, 0.25) is 0 Å². The van der Waals surface area contributed by atoms with Crippen molar-refractivity contribution in [3.8, 4) is 5.75 Å². The second-order valence-corrected chi connectivity index (χ2v) is 5.71. The van der Waals surface area contributed by atoms with E-state index in [9.17, 15) is 0 Å². The Bertz CT molecular complexity index is 597. The molecular weight excluding hydrogens is 260 g/mol. The molecule has 3 nitrogen and oxygen atoms in total. The van der Waals surface area contributed by atoms with Gasteiger partial charge in [-0.2, -0.15) is 0 Å². The van der Waals surface area contributed by atoms with Crippen LogP contribution in [0.2, 0.25) is 0 Å². The van der Waals surface area contributed by atoms with Crippen LogP contribution in [0.25, 0.3) is 0 Å². The van der Waals surface area contributed by atoms with Crippen molar-refractivity contribution in [2.24, 2.45) is 0 Å². The molecule has 0 amide bonds. The van der Waals surface area contributed by atoms with Crippen molar-refractivity contribution < 1.29 is 4.74 Å². The molecule has 0 bridgehead atoms. The van der Waals surface area contributed by atoms with E-state index >= 15 is 0 Å². The van der Waals surface area contributed by atoms with Gasteiger partial charge in [0, 0.05) is 24.5 Å². The van der Waals surface area contributed by atoms with Crippen LogP contribution >= 0.6 is 0 Å². The molecule has 1 aliphatic rings. The van der Waals surface area contributed by atoms with E-state index in [-0.39, 0.29) is 0 Å². The first-order valence-corrected chi connectivity index (χ1v) is 7.58. The molecule has 0 saturated carbocycles. The van der Waals surface area contributed by atoms with Gasteiger partial charge in [0.1, 0.15) is 5.75 Å². The maximum absolute atomic E-state index is 5.47. The molecule has 2 atom stereocenters. The zero-order valence-electron chi connectivity index (χ0n) is 12.7. The Morgan fingerprint density at radius 3 is 2.95 bits per heavy atom. The van der Waals surface area contributed by atoms with Gasteiger partial charge in [0.15, 0.2) is 0 Å². The molecule has 110 valence electrons. The van der Waals surface area contributed by atoms with E-state index < -0.39 is 0 Å². The fourth-order valence-electron chi connectivity index (χ4n) is 3.19. The summed E-state index contributed by atoms with van der Waals surface area (Å²) in [5, 5.41) is 3.73. The summed E-state index contributed by atoms with van der Waals surface area (Å²) in [7, 11) is 1.75. The van der Waals surface area contributed by atoms with Gasteiger partial charge < -0.3 is 10.1 Å². The zero-order chi connectivity index (χ0) is 14.7. The van der Waals surface area contributed by atoms with E-state index in [1.807, 2.05) is 18.5 Å². The molecular formula is C18H22N2O. The van der Waals surface area contributed by atoms with Crippen LogP contribution in [0, 0.1) is 0 Å². The topological polar surface area (TPSA) is 34.1 Å². The number of ether oxygens (including phenoxy) is 1. The normalized spacial score (nSPS) is 18.9. The standard InChI is InChI=1S/C18H22N2O/c1-13(15-6-4-10-19-12-15)20-16-8-9-17-14(11-16)5-3-7-18(17)21-2/h3-7,10,12-13,16,20H,8-9,11H2,1-2H3/t13-,16+/m0/s1. The summed E-state index contributed by atoms with van der Waals surface area (Å²) in [5.74, 6) is 1.03. The van der Waals surface area contributed by atoms with Crippen LogP contribution < -0.4 is 10.1 Å². The molecule has 0 fully saturated rings. The number of hydrogen-bond acceptors (Lipinski definition) is 3. The summed E-state index contributed by atoms with van der Waals surface area (Å²) in [5.41, 5.74) is 4.04. The molecule has 1 aromatic carbocycles. The monoisotopic (exact) mass is 282 g/mol. The van der Waals surface area contributed by atoms with Gasteiger partial charge in [-0.1, -0.05) is 18.2 Å². The molecule has 1 aromatic heterocycles. The number of hydrogen-bond donors (Lipinski definition) is 1. The lowest BCUT2D eigenvalue weighted by molar-refractivity contribution is 0.386. The van der Waals surface area contributed by atoms with E-state index in [2.05, 4.69) is 41.5 Å². The number of benzene rings is 1. The van der Waals surface area contributed by atoms with Crippen molar-refractivity contribution >= 4 is 0 Å². The number of fused-ring (bicyclic) bond motifs is 1. The van der Waals surface area contributed by atoms with E-state index in [4.69, 9.17) is 4.74 Å². The first kappa shape index (κ1) is 14.1. The Balaban J connectivity index is 1.69. The van der Waals surface area contributed by atoms with Gasteiger partial charge >= 0.3 is 0 Å². The quantitative estimate of drug-likeness (QED) is 0.934. The van der Waals surface area contributed by atoms with Crippen LogP contribution in [0.1, 0.15) is 36.1 Å². The van der Waals surface area contributed by atoms with Crippen molar-refractivity contribution in [1.82, 2.24) is 10.3 Å². The van der Waals surface area contributed by atoms with Crippen molar-refractivity contribution in [2.75, 3.05) is 7.11 Å². The summed E-state index contributed by atoms with van der Waals surface area (Å²) < 4.78 is 5.47. The molecule has 3 heteroatoms. The number of nitrogens with one attached hydrogen (secondary N) is 1. The smallest absolute Gasteiger partial charge is 0.122 e. The van der Waals surface area contributed by atoms with Crippen LogP contribution in [0.4, 0.5) is 0 Å². The molecule has 0 radical (unpaired) electrons. The van der Waals surface area contributed by atoms with Gasteiger partial charge in [0.05, 0.1) is 7.11 Å². The minimum Gasteiger partial charge on any atom is -0.496 e. The summed E-state index contributed by atoms with van der Waals surface area (Å²) in [6.45, 7) is 2.21. The van der Waals surface area contributed by atoms with E-state index in [0.29, 0.717) is 12.1 Å². The van der Waals surface area contributed by atoms with E-state index in [1.54, 1.807) is 7.11 Å². The Morgan fingerprint density at radius 1 is 1.29 bits per heavy atom. The molecule has 2 aromatic rings. The lowest BCUT2D eigenvalue weighted by Gasteiger charge is -2.29. The highest BCUT2D eigenvalue weighted by Crippen LogP contribution is 2.30. The lowest BCUT2D eigenvalue weighted by Crippen LogP contribution is -2.36. The van der Waals surface area contributed by atoms with Crippen molar-refractivity contribution in [3.63, 3.8) is 0 Å². The summed E-state index contributed by atoms with van der Waals surface area (Å²) in [4.78, 5) is 4.20.